The van der Waals surface area contributed by atoms with E-state index in [9.17, 15) is 0 Å². The van der Waals surface area contributed by atoms with Crippen LogP contribution in [0.15, 0.2) is 36.7 Å². The number of nitrogens with zero attached hydrogens (tertiary/aromatic N) is 2. The summed E-state index contributed by atoms with van der Waals surface area (Å²) in [5.74, 6) is 1.06. The van der Waals surface area contributed by atoms with Crippen LogP contribution in [-0.4, -0.2) is 41.2 Å². The van der Waals surface area contributed by atoms with Crippen LogP contribution in [0.1, 0.15) is 36.3 Å². The molecular formula is C18H25N3O. The van der Waals surface area contributed by atoms with Gasteiger partial charge in [-0.1, -0.05) is 31.2 Å². The number of aryl methyl sites for hydroxylation is 1. The van der Waals surface area contributed by atoms with Crippen molar-refractivity contribution < 1.29 is 4.74 Å². The van der Waals surface area contributed by atoms with E-state index in [4.69, 9.17) is 4.74 Å². The molecule has 1 N–H and O–H groups in total. The summed E-state index contributed by atoms with van der Waals surface area (Å²) in [6.45, 7) is 4.25. The second-order valence-electron chi connectivity index (χ2n) is 5.95. The summed E-state index contributed by atoms with van der Waals surface area (Å²) in [5.41, 5.74) is 2.92. The molecule has 0 spiro atoms. The molecule has 2 aromatic rings. The first kappa shape index (κ1) is 15.3. The zero-order chi connectivity index (χ0) is 15.4. The van der Waals surface area contributed by atoms with Crippen molar-refractivity contribution in [3.05, 3.63) is 53.6 Å². The van der Waals surface area contributed by atoms with Crippen LogP contribution in [0.2, 0.25) is 0 Å². The summed E-state index contributed by atoms with van der Waals surface area (Å²) >= 11 is 0. The second kappa shape index (κ2) is 7.07. The van der Waals surface area contributed by atoms with Crippen molar-refractivity contribution in [2.24, 2.45) is 0 Å². The predicted molar refractivity (Wildman–Crippen MR) is 87.8 cm³/mol. The third-order valence-electron chi connectivity index (χ3n) is 4.70. The molecule has 4 heteroatoms. The Labute approximate surface area is 132 Å². The molecule has 0 amide bonds. The van der Waals surface area contributed by atoms with Gasteiger partial charge in [-0.15, -0.1) is 0 Å². The van der Waals surface area contributed by atoms with Gasteiger partial charge in [0, 0.05) is 32.6 Å². The average Bonchev–Trinajstić information content (AvgIpc) is 3.22. The molecule has 2 atom stereocenters. The number of aromatic amines is 1. The van der Waals surface area contributed by atoms with Crippen molar-refractivity contribution in [3.8, 4) is 0 Å². The van der Waals surface area contributed by atoms with Gasteiger partial charge in [-0.25, -0.2) is 4.98 Å². The largest absolute Gasteiger partial charge is 0.380 e. The fourth-order valence-corrected chi connectivity index (χ4v) is 3.43. The highest BCUT2D eigenvalue weighted by Gasteiger charge is 2.34. The average molecular weight is 299 g/mol. The molecule has 3 rings (SSSR count). The van der Waals surface area contributed by atoms with Crippen LogP contribution >= 0.6 is 0 Å². The Kier molecular flexibility index (Phi) is 4.90. The molecule has 0 bridgehead atoms. The molecule has 22 heavy (non-hydrogen) atoms. The number of aromatic nitrogens is 2. The van der Waals surface area contributed by atoms with E-state index in [-0.39, 0.29) is 0 Å². The Balaban J connectivity index is 1.69. The van der Waals surface area contributed by atoms with Gasteiger partial charge in [0.25, 0.3) is 0 Å². The monoisotopic (exact) mass is 299 g/mol. The smallest absolute Gasteiger partial charge is 0.123 e. The van der Waals surface area contributed by atoms with Crippen molar-refractivity contribution in [2.45, 2.75) is 38.3 Å². The number of hydrogen-bond donors (Lipinski definition) is 1. The fourth-order valence-electron chi connectivity index (χ4n) is 3.43. The zero-order valence-electron chi connectivity index (χ0n) is 13.5. The lowest BCUT2D eigenvalue weighted by Crippen LogP contribution is -2.28. The number of likely N-dealkylation sites (tertiary alicyclic amines) is 1. The van der Waals surface area contributed by atoms with Crippen LogP contribution < -0.4 is 0 Å². The maximum absolute atomic E-state index is 5.58. The number of H-pyrrole nitrogens is 1. The van der Waals surface area contributed by atoms with E-state index >= 15 is 0 Å². The van der Waals surface area contributed by atoms with Crippen LogP contribution in [0.4, 0.5) is 0 Å². The summed E-state index contributed by atoms with van der Waals surface area (Å²) in [5, 5.41) is 0. The Morgan fingerprint density at radius 1 is 1.32 bits per heavy atom. The molecule has 1 aliphatic heterocycles. The van der Waals surface area contributed by atoms with Crippen molar-refractivity contribution in [1.82, 2.24) is 14.9 Å². The Hall–Kier alpha value is -1.65. The quantitative estimate of drug-likeness (QED) is 0.891. The first-order valence-electron chi connectivity index (χ1n) is 8.14. The van der Waals surface area contributed by atoms with Crippen LogP contribution in [0.25, 0.3) is 0 Å². The lowest BCUT2D eigenvalue weighted by molar-refractivity contribution is 0.108. The van der Waals surface area contributed by atoms with E-state index < -0.39 is 0 Å². The molecule has 1 aromatic carbocycles. The number of benzene rings is 1. The first-order chi connectivity index (χ1) is 10.8. The molecule has 1 aliphatic rings. The highest BCUT2D eigenvalue weighted by atomic mass is 16.5. The van der Waals surface area contributed by atoms with E-state index in [0.29, 0.717) is 12.1 Å². The van der Waals surface area contributed by atoms with Gasteiger partial charge >= 0.3 is 0 Å². The fraction of sp³-hybridized carbons (Fsp3) is 0.500. The van der Waals surface area contributed by atoms with Crippen molar-refractivity contribution in [1.29, 1.82) is 0 Å². The van der Waals surface area contributed by atoms with E-state index in [2.05, 4.69) is 46.1 Å². The molecule has 118 valence electrons. The van der Waals surface area contributed by atoms with Crippen molar-refractivity contribution >= 4 is 0 Å². The van der Waals surface area contributed by atoms with Crippen molar-refractivity contribution in [2.75, 3.05) is 20.2 Å². The van der Waals surface area contributed by atoms with E-state index in [1.807, 2.05) is 12.4 Å². The summed E-state index contributed by atoms with van der Waals surface area (Å²) < 4.78 is 5.58. The standard InChI is InChI=1S/C18H25N3O/c1-3-14-6-4-5-7-15(14)8-11-21-13-16(22-2)12-17(21)18-19-9-10-20-18/h4-7,9-10,16-17H,3,8,11-13H2,1-2H3,(H,19,20)/t16-,17?/m1/s1. The van der Waals surface area contributed by atoms with Crippen LogP contribution in [0.3, 0.4) is 0 Å². The highest BCUT2D eigenvalue weighted by molar-refractivity contribution is 5.27. The topological polar surface area (TPSA) is 41.1 Å². The third-order valence-corrected chi connectivity index (χ3v) is 4.70. The van der Waals surface area contributed by atoms with E-state index in [0.717, 1.165) is 38.2 Å². The summed E-state index contributed by atoms with van der Waals surface area (Å²) in [6.07, 6.45) is 7.23. The van der Waals surface area contributed by atoms with Crippen molar-refractivity contribution in [3.63, 3.8) is 0 Å². The van der Waals surface area contributed by atoms with Gasteiger partial charge < -0.3 is 9.72 Å². The molecule has 0 aliphatic carbocycles. The number of imidazole rings is 1. The minimum absolute atomic E-state index is 0.302. The maximum atomic E-state index is 5.58. The SMILES string of the molecule is CCc1ccccc1CCN1C[C@H](OC)CC1c1ncc[nH]1. The maximum Gasteiger partial charge on any atom is 0.123 e. The summed E-state index contributed by atoms with van der Waals surface area (Å²) in [6, 6.07) is 9.10. The number of rotatable bonds is 6. The minimum Gasteiger partial charge on any atom is -0.380 e. The summed E-state index contributed by atoms with van der Waals surface area (Å²) in [4.78, 5) is 10.2. The van der Waals surface area contributed by atoms with Gasteiger partial charge in [0.1, 0.15) is 5.82 Å². The molecule has 0 radical (unpaired) electrons. The van der Waals surface area contributed by atoms with Gasteiger partial charge in [0.2, 0.25) is 0 Å². The van der Waals surface area contributed by atoms with Gasteiger partial charge in [0.05, 0.1) is 12.1 Å². The van der Waals surface area contributed by atoms with Crippen LogP contribution in [0.5, 0.6) is 0 Å². The number of hydrogen-bond acceptors (Lipinski definition) is 3. The normalized spacial score (nSPS) is 22.3. The predicted octanol–water partition coefficient (Wildman–Crippen LogP) is 2.98. The molecule has 1 unspecified atom stereocenters. The Bertz CT molecular complexity index is 582. The van der Waals surface area contributed by atoms with E-state index in [1.54, 1.807) is 7.11 Å². The molecule has 4 nitrogen and oxygen atoms in total. The molecule has 1 fully saturated rings. The summed E-state index contributed by atoms with van der Waals surface area (Å²) in [7, 11) is 1.81. The number of methoxy groups -OCH3 is 1. The van der Waals surface area contributed by atoms with Crippen LogP contribution in [-0.2, 0) is 17.6 Å². The molecule has 0 saturated carbocycles. The van der Waals surface area contributed by atoms with Gasteiger partial charge in [-0.3, -0.25) is 4.90 Å². The second-order valence-corrected chi connectivity index (χ2v) is 5.95. The molecule has 2 heterocycles. The van der Waals surface area contributed by atoms with Gasteiger partial charge in [0.15, 0.2) is 0 Å². The Morgan fingerprint density at radius 2 is 2.14 bits per heavy atom. The van der Waals surface area contributed by atoms with Crippen LogP contribution in [0, 0.1) is 0 Å². The van der Waals surface area contributed by atoms with Gasteiger partial charge in [-0.05, 0) is 30.4 Å². The number of ether oxygens (including phenoxy) is 1. The first-order valence-corrected chi connectivity index (χ1v) is 8.14. The zero-order valence-corrected chi connectivity index (χ0v) is 13.5. The molecule has 1 aromatic heterocycles. The Morgan fingerprint density at radius 3 is 2.82 bits per heavy atom. The number of nitrogens with one attached hydrogen (secondary N) is 1. The lowest BCUT2D eigenvalue weighted by Gasteiger charge is -2.23. The molecular weight excluding hydrogens is 274 g/mol. The molecule has 1 saturated heterocycles. The lowest BCUT2D eigenvalue weighted by atomic mass is 10.0. The highest BCUT2D eigenvalue weighted by Crippen LogP contribution is 2.31. The van der Waals surface area contributed by atoms with E-state index in [1.165, 1.54) is 11.1 Å². The minimum atomic E-state index is 0.302. The van der Waals surface area contributed by atoms with Gasteiger partial charge in [-0.2, -0.15) is 0 Å². The third kappa shape index (κ3) is 3.23.